The summed E-state index contributed by atoms with van der Waals surface area (Å²) in [5.41, 5.74) is 0.140. The first-order chi connectivity index (χ1) is 12.7. The minimum atomic E-state index is -3.54. The van der Waals surface area contributed by atoms with Gasteiger partial charge in [-0.2, -0.15) is 5.06 Å². The Morgan fingerprint density at radius 2 is 1.52 bits per heavy atom. The lowest BCUT2D eigenvalue weighted by Gasteiger charge is -2.26. The molecule has 0 N–H and O–H groups in total. The van der Waals surface area contributed by atoms with E-state index >= 15 is 0 Å². The van der Waals surface area contributed by atoms with Gasteiger partial charge in [-0.3, -0.25) is 4.84 Å². The highest BCUT2D eigenvalue weighted by Gasteiger charge is 2.25. The predicted molar refractivity (Wildman–Crippen MR) is 103 cm³/mol. The molecule has 0 saturated carbocycles. The number of sulfone groups is 1. The van der Waals surface area contributed by atoms with E-state index in [1.807, 2.05) is 30.3 Å². The van der Waals surface area contributed by atoms with E-state index in [-0.39, 0.29) is 23.8 Å². The van der Waals surface area contributed by atoms with Crippen molar-refractivity contribution in [2.45, 2.75) is 37.9 Å². The largest absolute Gasteiger partial charge is 0.442 e. The highest BCUT2D eigenvalue weighted by molar-refractivity contribution is 7.91. The Bertz CT molecular complexity index is 830. The molecule has 0 spiro atoms. The summed E-state index contributed by atoms with van der Waals surface area (Å²) in [6.45, 7) is 5.20. The first kappa shape index (κ1) is 20.9. The zero-order valence-corrected chi connectivity index (χ0v) is 16.6. The van der Waals surface area contributed by atoms with Crippen molar-refractivity contribution in [1.82, 2.24) is 5.06 Å². The lowest BCUT2D eigenvalue weighted by molar-refractivity contribution is -0.153. The van der Waals surface area contributed by atoms with Crippen LogP contribution in [0.15, 0.2) is 65.6 Å². The molecule has 0 aliphatic rings. The molecule has 0 unspecified atom stereocenters. The van der Waals surface area contributed by atoms with Crippen LogP contribution in [0.4, 0.5) is 4.79 Å². The Morgan fingerprint density at radius 1 is 0.963 bits per heavy atom. The van der Waals surface area contributed by atoms with E-state index in [1.165, 1.54) is 12.1 Å². The second-order valence-corrected chi connectivity index (χ2v) is 9.08. The van der Waals surface area contributed by atoms with Gasteiger partial charge in [-0.05, 0) is 38.5 Å². The Kier molecular flexibility index (Phi) is 6.98. The third-order valence-electron chi connectivity index (χ3n) is 3.49. The van der Waals surface area contributed by atoms with Crippen LogP contribution in [0.5, 0.6) is 0 Å². The van der Waals surface area contributed by atoms with Gasteiger partial charge in [-0.1, -0.05) is 48.5 Å². The Balaban J connectivity index is 2.08. The number of rotatable bonds is 7. The van der Waals surface area contributed by atoms with Crippen LogP contribution in [0, 0.1) is 0 Å². The Hall–Kier alpha value is -2.38. The van der Waals surface area contributed by atoms with Gasteiger partial charge in [0.2, 0.25) is 0 Å². The van der Waals surface area contributed by atoms with E-state index in [2.05, 4.69) is 0 Å². The number of hydrogen-bond donors (Lipinski definition) is 0. The van der Waals surface area contributed by atoms with E-state index in [0.717, 1.165) is 10.6 Å². The molecule has 27 heavy (non-hydrogen) atoms. The number of nitrogens with zero attached hydrogens (tertiary/aromatic N) is 1. The van der Waals surface area contributed by atoms with Crippen molar-refractivity contribution >= 4 is 15.9 Å². The first-order valence-corrected chi connectivity index (χ1v) is 10.3. The molecule has 0 aliphatic heterocycles. The van der Waals surface area contributed by atoms with Crippen molar-refractivity contribution in [3.05, 3.63) is 66.2 Å². The summed E-state index contributed by atoms with van der Waals surface area (Å²) in [6, 6.07) is 17.4. The number of amides is 1. The quantitative estimate of drug-likeness (QED) is 0.671. The monoisotopic (exact) mass is 391 g/mol. The van der Waals surface area contributed by atoms with Gasteiger partial charge >= 0.3 is 6.09 Å². The minimum Gasteiger partial charge on any atom is -0.442 e. The topological polar surface area (TPSA) is 72.9 Å². The van der Waals surface area contributed by atoms with Gasteiger partial charge in [0.1, 0.15) is 12.2 Å². The van der Waals surface area contributed by atoms with Crippen molar-refractivity contribution in [2.75, 3.05) is 12.3 Å². The Morgan fingerprint density at radius 3 is 2.07 bits per heavy atom. The lowest BCUT2D eigenvalue weighted by Crippen LogP contribution is -2.39. The normalized spacial score (nSPS) is 11.8. The van der Waals surface area contributed by atoms with Crippen molar-refractivity contribution in [3.63, 3.8) is 0 Å². The highest BCUT2D eigenvalue weighted by Crippen LogP contribution is 2.14. The van der Waals surface area contributed by atoms with Crippen LogP contribution in [-0.2, 0) is 26.0 Å². The summed E-state index contributed by atoms with van der Waals surface area (Å²) in [4.78, 5) is 18.2. The molecule has 0 aliphatic carbocycles. The molecule has 2 rings (SSSR count). The molecule has 6 nitrogen and oxygen atoms in total. The molecule has 0 heterocycles. The van der Waals surface area contributed by atoms with Crippen LogP contribution < -0.4 is 0 Å². The van der Waals surface area contributed by atoms with E-state index in [0.29, 0.717) is 0 Å². The number of hydroxylamine groups is 2. The zero-order valence-electron chi connectivity index (χ0n) is 15.8. The van der Waals surface area contributed by atoms with E-state index in [1.54, 1.807) is 39.0 Å². The summed E-state index contributed by atoms with van der Waals surface area (Å²) >= 11 is 0. The SMILES string of the molecule is CC(C)(C)OC(=O)N(CCS(=O)(=O)c1ccccc1)OCc1ccccc1. The molecule has 7 heteroatoms. The average Bonchev–Trinajstić information content (AvgIpc) is 2.61. The van der Waals surface area contributed by atoms with Crippen molar-refractivity contribution in [3.8, 4) is 0 Å². The molecule has 0 atom stereocenters. The lowest BCUT2D eigenvalue weighted by atomic mass is 10.2. The zero-order chi connectivity index (χ0) is 19.9. The molecule has 0 fully saturated rings. The number of carbonyl (C=O) groups excluding carboxylic acids is 1. The second kappa shape index (κ2) is 9.01. The molecule has 2 aromatic carbocycles. The summed E-state index contributed by atoms with van der Waals surface area (Å²) in [5, 5.41) is 0.971. The van der Waals surface area contributed by atoms with Crippen LogP contribution >= 0.6 is 0 Å². The van der Waals surface area contributed by atoms with E-state index < -0.39 is 21.5 Å². The number of carbonyl (C=O) groups is 1. The van der Waals surface area contributed by atoms with Gasteiger partial charge in [0.25, 0.3) is 0 Å². The molecule has 0 saturated heterocycles. The molecule has 0 bridgehead atoms. The molecule has 146 valence electrons. The predicted octanol–water partition coefficient (Wildman–Crippen LogP) is 3.83. The van der Waals surface area contributed by atoms with Crippen LogP contribution in [-0.4, -0.2) is 37.5 Å². The third-order valence-corrected chi connectivity index (χ3v) is 5.20. The molecule has 1 amide bonds. The first-order valence-electron chi connectivity index (χ1n) is 8.62. The summed E-state index contributed by atoms with van der Waals surface area (Å²) in [7, 11) is -3.54. The van der Waals surface area contributed by atoms with Gasteiger partial charge in [-0.15, -0.1) is 0 Å². The third kappa shape index (κ3) is 7.03. The van der Waals surface area contributed by atoms with Gasteiger partial charge in [0, 0.05) is 0 Å². The fourth-order valence-corrected chi connectivity index (χ4v) is 3.41. The number of ether oxygens (including phenoxy) is 1. The Labute approximate surface area is 160 Å². The second-order valence-electron chi connectivity index (χ2n) is 6.97. The molecule has 0 radical (unpaired) electrons. The van der Waals surface area contributed by atoms with Gasteiger partial charge in [0.05, 0.1) is 17.2 Å². The summed E-state index contributed by atoms with van der Waals surface area (Å²) < 4.78 is 30.3. The van der Waals surface area contributed by atoms with E-state index in [9.17, 15) is 13.2 Å². The summed E-state index contributed by atoms with van der Waals surface area (Å²) in [6.07, 6.45) is -0.721. The van der Waals surface area contributed by atoms with Crippen LogP contribution in [0.3, 0.4) is 0 Å². The molecule has 0 aromatic heterocycles. The maximum absolute atomic E-state index is 12.5. The van der Waals surface area contributed by atoms with Crippen molar-refractivity contribution in [1.29, 1.82) is 0 Å². The minimum absolute atomic E-state index is 0.130. The standard InChI is InChI=1S/C20H25NO5S/c1-20(2,3)26-19(22)21(25-16-17-10-6-4-7-11-17)14-15-27(23,24)18-12-8-5-9-13-18/h4-13H,14-16H2,1-3H3. The van der Waals surface area contributed by atoms with Crippen LogP contribution in [0.25, 0.3) is 0 Å². The number of benzene rings is 2. The van der Waals surface area contributed by atoms with Crippen molar-refractivity contribution < 1.29 is 22.8 Å². The maximum atomic E-state index is 12.5. The smallest absolute Gasteiger partial charge is 0.434 e. The average molecular weight is 391 g/mol. The van der Waals surface area contributed by atoms with E-state index in [4.69, 9.17) is 9.57 Å². The molecule has 2 aromatic rings. The van der Waals surface area contributed by atoms with Gasteiger partial charge < -0.3 is 4.74 Å². The van der Waals surface area contributed by atoms with Crippen LogP contribution in [0.1, 0.15) is 26.3 Å². The summed E-state index contributed by atoms with van der Waals surface area (Å²) in [5.74, 6) is -0.273. The van der Waals surface area contributed by atoms with Gasteiger partial charge in [-0.25, -0.2) is 13.2 Å². The maximum Gasteiger partial charge on any atom is 0.434 e. The fourth-order valence-electron chi connectivity index (χ4n) is 2.20. The molecular formula is C20H25NO5S. The van der Waals surface area contributed by atoms with Crippen molar-refractivity contribution in [2.24, 2.45) is 0 Å². The fraction of sp³-hybridized carbons (Fsp3) is 0.350. The van der Waals surface area contributed by atoms with Gasteiger partial charge in [0.15, 0.2) is 9.84 Å². The highest BCUT2D eigenvalue weighted by atomic mass is 32.2. The molecular weight excluding hydrogens is 366 g/mol. The van der Waals surface area contributed by atoms with Crippen LogP contribution in [0.2, 0.25) is 0 Å². The number of hydrogen-bond acceptors (Lipinski definition) is 5.